The summed E-state index contributed by atoms with van der Waals surface area (Å²) < 4.78 is 27.5. The van der Waals surface area contributed by atoms with Crippen LogP contribution in [0.3, 0.4) is 0 Å². The van der Waals surface area contributed by atoms with Crippen LogP contribution in [0.2, 0.25) is 0 Å². The summed E-state index contributed by atoms with van der Waals surface area (Å²) in [6, 6.07) is 0. The van der Waals surface area contributed by atoms with Crippen LogP contribution >= 0.6 is 0 Å². The van der Waals surface area contributed by atoms with Crippen molar-refractivity contribution in [2.45, 2.75) is 103 Å². The molecule has 1 N–H and O–H groups in total. The third-order valence-electron chi connectivity index (χ3n) is 5.09. The Hall–Kier alpha value is -0.130. The lowest BCUT2D eigenvalue weighted by Gasteiger charge is -2.23. The zero-order chi connectivity index (χ0) is 20.4. The fourth-order valence-electron chi connectivity index (χ4n) is 3.34. The Morgan fingerprint density at radius 3 is 1.44 bits per heavy atom. The van der Waals surface area contributed by atoms with E-state index in [9.17, 15) is 8.42 Å². The second-order valence-electron chi connectivity index (χ2n) is 9.18. The first-order chi connectivity index (χ1) is 12.8. The maximum absolute atomic E-state index is 12.0. The minimum absolute atomic E-state index is 0.287. The number of quaternary nitrogens is 1. The quantitative estimate of drug-likeness (QED) is 0.215. The smallest absolute Gasteiger partial charge is 0.211 e. The standard InChI is InChI=1S/C22H49N2O2S/c1-5-6-7-8-9-10-11-12-13-14-15-16-17-18-22-27(25,26)23-20-19-21-24(2,3)4/h23H,5-22H2,1-4H3/q+1. The van der Waals surface area contributed by atoms with Crippen molar-refractivity contribution in [2.24, 2.45) is 0 Å². The molecule has 4 nitrogen and oxygen atoms in total. The SMILES string of the molecule is CCCCCCCCCCCCCCCCS(=O)(=O)NCCC[N+](C)(C)C. The van der Waals surface area contributed by atoms with E-state index in [0.29, 0.717) is 6.54 Å². The summed E-state index contributed by atoms with van der Waals surface area (Å²) in [5.41, 5.74) is 0. The highest BCUT2D eigenvalue weighted by molar-refractivity contribution is 7.89. The zero-order valence-electron chi connectivity index (χ0n) is 18.9. The summed E-state index contributed by atoms with van der Waals surface area (Å²) in [6.07, 6.45) is 19.0. The highest BCUT2D eigenvalue weighted by atomic mass is 32.2. The molecular formula is C22H49N2O2S+. The molecule has 0 aliphatic rings. The van der Waals surface area contributed by atoms with Crippen molar-refractivity contribution >= 4 is 10.0 Å². The average molecular weight is 406 g/mol. The highest BCUT2D eigenvalue weighted by Crippen LogP contribution is 2.13. The number of unbranched alkanes of at least 4 members (excludes halogenated alkanes) is 13. The summed E-state index contributed by atoms with van der Waals surface area (Å²) in [4.78, 5) is 0. The summed E-state index contributed by atoms with van der Waals surface area (Å²) in [7, 11) is 3.31. The van der Waals surface area contributed by atoms with Gasteiger partial charge >= 0.3 is 0 Å². The summed E-state index contributed by atoms with van der Waals surface area (Å²) >= 11 is 0. The van der Waals surface area contributed by atoms with Gasteiger partial charge in [-0.25, -0.2) is 13.1 Å². The minimum atomic E-state index is -3.07. The molecular weight excluding hydrogens is 356 g/mol. The van der Waals surface area contributed by atoms with Crippen LogP contribution in [0.25, 0.3) is 0 Å². The predicted molar refractivity (Wildman–Crippen MR) is 120 cm³/mol. The van der Waals surface area contributed by atoms with Gasteiger partial charge in [-0.2, -0.15) is 0 Å². The van der Waals surface area contributed by atoms with Gasteiger partial charge < -0.3 is 4.48 Å². The first-order valence-electron chi connectivity index (χ1n) is 11.5. The van der Waals surface area contributed by atoms with E-state index >= 15 is 0 Å². The van der Waals surface area contributed by atoms with Gasteiger partial charge in [0.15, 0.2) is 0 Å². The number of hydrogen-bond acceptors (Lipinski definition) is 2. The molecule has 0 spiro atoms. The van der Waals surface area contributed by atoms with Gasteiger partial charge in [-0.05, 0) is 6.42 Å². The Morgan fingerprint density at radius 1 is 0.630 bits per heavy atom. The number of rotatable bonds is 20. The topological polar surface area (TPSA) is 46.2 Å². The van der Waals surface area contributed by atoms with Crippen LogP contribution in [-0.4, -0.2) is 52.9 Å². The van der Waals surface area contributed by atoms with Gasteiger partial charge in [-0.3, -0.25) is 0 Å². The van der Waals surface area contributed by atoms with Crippen LogP contribution in [0.15, 0.2) is 0 Å². The molecule has 0 aliphatic carbocycles. The minimum Gasteiger partial charge on any atom is -0.331 e. The van der Waals surface area contributed by atoms with Crippen LogP contribution in [0.1, 0.15) is 103 Å². The van der Waals surface area contributed by atoms with E-state index in [1.165, 1.54) is 77.0 Å². The van der Waals surface area contributed by atoms with Gasteiger partial charge in [0.25, 0.3) is 0 Å². The molecule has 0 radical (unpaired) electrons. The maximum atomic E-state index is 12.0. The normalized spacial score (nSPS) is 12.6. The molecule has 0 amide bonds. The molecule has 0 aromatic heterocycles. The number of sulfonamides is 1. The molecule has 27 heavy (non-hydrogen) atoms. The van der Waals surface area contributed by atoms with Gasteiger partial charge in [-0.15, -0.1) is 0 Å². The lowest BCUT2D eigenvalue weighted by Crippen LogP contribution is -2.37. The van der Waals surface area contributed by atoms with E-state index in [-0.39, 0.29) is 5.75 Å². The molecule has 0 saturated heterocycles. The van der Waals surface area contributed by atoms with Gasteiger partial charge in [0.2, 0.25) is 10.0 Å². The molecule has 0 aliphatic heterocycles. The molecule has 0 aromatic rings. The van der Waals surface area contributed by atoms with E-state index in [0.717, 1.165) is 30.3 Å². The third-order valence-corrected chi connectivity index (χ3v) is 6.56. The monoisotopic (exact) mass is 405 g/mol. The first-order valence-corrected chi connectivity index (χ1v) is 13.2. The van der Waals surface area contributed by atoms with E-state index in [2.05, 4.69) is 32.8 Å². The molecule has 0 rings (SSSR count). The Bertz CT molecular complexity index is 417. The fraction of sp³-hybridized carbons (Fsp3) is 1.00. The Balaban J connectivity index is 3.35. The largest absolute Gasteiger partial charge is 0.331 e. The molecule has 0 unspecified atom stereocenters. The summed E-state index contributed by atoms with van der Waals surface area (Å²) in [5.74, 6) is 0.287. The number of hydrogen-bond donors (Lipinski definition) is 1. The maximum Gasteiger partial charge on any atom is 0.211 e. The van der Waals surface area contributed by atoms with E-state index < -0.39 is 10.0 Å². The van der Waals surface area contributed by atoms with Crippen LogP contribution in [0.5, 0.6) is 0 Å². The predicted octanol–water partition coefficient (Wildman–Crippen LogP) is 5.48. The Kier molecular flexibility index (Phi) is 16.7. The fourth-order valence-corrected chi connectivity index (χ4v) is 4.52. The van der Waals surface area contributed by atoms with Gasteiger partial charge in [-0.1, -0.05) is 90.4 Å². The molecule has 0 bridgehead atoms. The zero-order valence-corrected chi connectivity index (χ0v) is 19.7. The van der Waals surface area contributed by atoms with Crippen molar-refractivity contribution in [3.05, 3.63) is 0 Å². The van der Waals surface area contributed by atoms with Gasteiger partial charge in [0, 0.05) is 13.0 Å². The number of nitrogens with one attached hydrogen (secondary N) is 1. The van der Waals surface area contributed by atoms with E-state index in [4.69, 9.17) is 0 Å². The molecule has 164 valence electrons. The summed E-state index contributed by atoms with van der Waals surface area (Å²) in [5, 5.41) is 0. The molecule has 0 aromatic carbocycles. The third kappa shape index (κ3) is 22.0. The lowest BCUT2D eigenvalue weighted by molar-refractivity contribution is -0.870. The van der Waals surface area contributed by atoms with Crippen LogP contribution in [-0.2, 0) is 10.0 Å². The molecule has 0 fully saturated rings. The van der Waals surface area contributed by atoms with Gasteiger partial charge in [0.1, 0.15) is 0 Å². The average Bonchev–Trinajstić information content (AvgIpc) is 2.58. The van der Waals surface area contributed by atoms with E-state index in [1.807, 2.05) is 0 Å². The van der Waals surface area contributed by atoms with Crippen LogP contribution < -0.4 is 4.72 Å². The second-order valence-corrected chi connectivity index (χ2v) is 11.1. The Morgan fingerprint density at radius 2 is 1.04 bits per heavy atom. The van der Waals surface area contributed by atoms with Crippen molar-refractivity contribution in [3.63, 3.8) is 0 Å². The van der Waals surface area contributed by atoms with Crippen molar-refractivity contribution in [1.82, 2.24) is 4.72 Å². The van der Waals surface area contributed by atoms with Crippen molar-refractivity contribution < 1.29 is 12.9 Å². The van der Waals surface area contributed by atoms with Crippen molar-refractivity contribution in [3.8, 4) is 0 Å². The molecule has 0 atom stereocenters. The van der Waals surface area contributed by atoms with Crippen LogP contribution in [0, 0.1) is 0 Å². The highest BCUT2D eigenvalue weighted by Gasteiger charge is 2.11. The number of nitrogens with zero attached hydrogens (tertiary/aromatic N) is 1. The second kappa shape index (κ2) is 16.8. The Labute approximate surface area is 171 Å². The molecule has 0 heterocycles. The molecule has 5 heteroatoms. The first kappa shape index (κ1) is 26.9. The lowest BCUT2D eigenvalue weighted by atomic mass is 10.0. The molecule has 0 saturated carbocycles. The van der Waals surface area contributed by atoms with Crippen LogP contribution in [0.4, 0.5) is 0 Å². The van der Waals surface area contributed by atoms with Crippen molar-refractivity contribution in [2.75, 3.05) is 40.0 Å². The summed E-state index contributed by atoms with van der Waals surface area (Å²) in [6.45, 7) is 3.82. The van der Waals surface area contributed by atoms with Crippen molar-refractivity contribution in [1.29, 1.82) is 0 Å². The van der Waals surface area contributed by atoms with E-state index in [1.54, 1.807) is 0 Å². The van der Waals surface area contributed by atoms with Gasteiger partial charge in [0.05, 0.1) is 33.4 Å².